The molecule has 1 unspecified atom stereocenters. The van der Waals surface area contributed by atoms with Crippen LogP contribution in [-0.4, -0.2) is 35.5 Å². The van der Waals surface area contributed by atoms with Crippen LogP contribution in [0.2, 0.25) is 0 Å². The summed E-state index contributed by atoms with van der Waals surface area (Å²) < 4.78 is 11.0. The molecule has 0 saturated heterocycles. The average molecular weight is 359 g/mol. The second-order valence-corrected chi connectivity index (χ2v) is 7.02. The van der Waals surface area contributed by atoms with Crippen LogP contribution in [0.4, 0.5) is 0 Å². The van der Waals surface area contributed by atoms with Gasteiger partial charge in [-0.15, -0.1) is 0 Å². The topological polar surface area (TPSA) is 88.0 Å². The summed E-state index contributed by atoms with van der Waals surface area (Å²) in [5.74, 6) is 0.604. The van der Waals surface area contributed by atoms with E-state index in [0.717, 1.165) is 0 Å². The molecule has 6 heteroatoms. The fourth-order valence-electron chi connectivity index (χ4n) is 2.25. The molecular weight excluding hydrogens is 334 g/mol. The highest BCUT2D eigenvalue weighted by atomic mass is 16.5. The molecule has 0 aromatic heterocycles. The average Bonchev–Trinajstić information content (AvgIpc) is 2.64. The third-order valence-electron chi connectivity index (χ3n) is 3.82. The number of carbonyl (C=O) groups excluding carboxylic acids is 1. The summed E-state index contributed by atoms with van der Waals surface area (Å²) in [6.45, 7) is 6.61. The molecule has 2 rings (SSSR count). The minimum atomic E-state index is -0.794. The number of ether oxygens (including phenoxy) is 2. The Morgan fingerprint density at radius 1 is 0.962 bits per heavy atom. The second-order valence-electron chi connectivity index (χ2n) is 7.02. The number of hydrogen-bond acceptors (Lipinski definition) is 5. The zero-order valence-corrected chi connectivity index (χ0v) is 15.2. The maximum absolute atomic E-state index is 11.2. The van der Waals surface area contributed by atoms with Crippen molar-refractivity contribution in [1.82, 2.24) is 5.48 Å². The lowest BCUT2D eigenvalue weighted by Gasteiger charge is -2.19. The Morgan fingerprint density at radius 2 is 1.42 bits per heavy atom. The van der Waals surface area contributed by atoms with Gasteiger partial charge >= 0.3 is 0 Å². The third kappa shape index (κ3) is 5.75. The van der Waals surface area contributed by atoms with Crippen molar-refractivity contribution in [3.05, 3.63) is 59.7 Å². The van der Waals surface area contributed by atoms with Crippen LogP contribution in [-0.2, 0) is 5.41 Å². The first-order valence-electron chi connectivity index (χ1n) is 8.38. The van der Waals surface area contributed by atoms with Crippen LogP contribution in [0.25, 0.3) is 0 Å². The van der Waals surface area contributed by atoms with Gasteiger partial charge in [0.15, 0.2) is 0 Å². The van der Waals surface area contributed by atoms with Gasteiger partial charge in [-0.25, -0.2) is 5.48 Å². The molecule has 1 atom stereocenters. The Bertz CT molecular complexity index is 704. The largest absolute Gasteiger partial charge is 0.491 e. The lowest BCUT2D eigenvalue weighted by atomic mass is 9.87. The molecule has 26 heavy (non-hydrogen) atoms. The van der Waals surface area contributed by atoms with Gasteiger partial charge in [-0.1, -0.05) is 32.9 Å². The Balaban J connectivity index is 1.78. The molecule has 0 radical (unpaired) electrons. The normalized spacial score (nSPS) is 12.3. The maximum atomic E-state index is 11.2. The van der Waals surface area contributed by atoms with Crippen molar-refractivity contribution >= 4 is 5.91 Å². The van der Waals surface area contributed by atoms with Crippen LogP contribution >= 0.6 is 0 Å². The summed E-state index contributed by atoms with van der Waals surface area (Å²) >= 11 is 0. The van der Waals surface area contributed by atoms with Gasteiger partial charge in [0.2, 0.25) is 0 Å². The van der Waals surface area contributed by atoms with Gasteiger partial charge in [-0.2, -0.15) is 0 Å². The zero-order chi connectivity index (χ0) is 19.2. The predicted octanol–water partition coefficient (Wildman–Crippen LogP) is 2.92. The van der Waals surface area contributed by atoms with Gasteiger partial charge in [-0.05, 0) is 47.4 Å². The summed E-state index contributed by atoms with van der Waals surface area (Å²) in [5, 5.41) is 18.6. The lowest BCUT2D eigenvalue weighted by molar-refractivity contribution is 0.0625. The number of carbonyl (C=O) groups is 1. The van der Waals surface area contributed by atoms with Crippen LogP contribution in [0, 0.1) is 0 Å². The summed E-state index contributed by atoms with van der Waals surface area (Å²) in [4.78, 5) is 11.2. The fraction of sp³-hybridized carbons (Fsp3) is 0.350. The van der Waals surface area contributed by atoms with Crippen molar-refractivity contribution in [3.63, 3.8) is 0 Å². The van der Waals surface area contributed by atoms with E-state index in [0.29, 0.717) is 17.1 Å². The molecule has 0 fully saturated rings. The van der Waals surface area contributed by atoms with Crippen LogP contribution < -0.4 is 15.0 Å². The highest BCUT2D eigenvalue weighted by Gasteiger charge is 2.13. The van der Waals surface area contributed by atoms with Crippen LogP contribution in [0.5, 0.6) is 11.5 Å². The fourth-order valence-corrected chi connectivity index (χ4v) is 2.25. The van der Waals surface area contributed by atoms with E-state index in [1.54, 1.807) is 17.6 Å². The molecule has 3 N–H and O–H groups in total. The van der Waals surface area contributed by atoms with E-state index in [4.69, 9.17) is 14.7 Å². The molecule has 1 amide bonds. The Kier molecular flexibility index (Phi) is 6.60. The molecule has 0 aliphatic rings. The highest BCUT2D eigenvalue weighted by molar-refractivity contribution is 5.93. The molecule has 140 valence electrons. The quantitative estimate of drug-likeness (QED) is 0.523. The van der Waals surface area contributed by atoms with E-state index in [1.165, 1.54) is 17.7 Å². The first-order valence-corrected chi connectivity index (χ1v) is 8.38. The van der Waals surface area contributed by atoms with Gasteiger partial charge in [-0.3, -0.25) is 10.0 Å². The number of aliphatic hydroxyl groups excluding tert-OH is 1. The Labute approximate surface area is 153 Å². The molecule has 2 aromatic carbocycles. The molecule has 0 aliphatic carbocycles. The summed E-state index contributed by atoms with van der Waals surface area (Å²) in [6.07, 6.45) is -0.794. The van der Waals surface area contributed by atoms with Crippen LogP contribution in [0.3, 0.4) is 0 Å². The van der Waals surface area contributed by atoms with Crippen molar-refractivity contribution in [1.29, 1.82) is 0 Å². The number of hydrogen-bond donors (Lipinski definition) is 3. The predicted molar refractivity (Wildman–Crippen MR) is 97.8 cm³/mol. The lowest BCUT2D eigenvalue weighted by Crippen LogP contribution is -2.25. The maximum Gasteiger partial charge on any atom is 0.274 e. The summed E-state index contributed by atoms with van der Waals surface area (Å²) in [6, 6.07) is 14.0. The van der Waals surface area contributed by atoms with Gasteiger partial charge < -0.3 is 14.6 Å². The van der Waals surface area contributed by atoms with E-state index in [-0.39, 0.29) is 18.6 Å². The number of rotatable bonds is 7. The molecular formula is C20H25NO5. The second kappa shape index (κ2) is 8.69. The van der Waals surface area contributed by atoms with Crippen molar-refractivity contribution in [2.75, 3.05) is 13.2 Å². The van der Waals surface area contributed by atoms with Gasteiger partial charge in [0.05, 0.1) is 0 Å². The minimum absolute atomic E-state index is 0.0611. The molecule has 0 bridgehead atoms. The molecule has 2 aromatic rings. The van der Waals surface area contributed by atoms with Crippen molar-refractivity contribution in [2.45, 2.75) is 32.3 Å². The zero-order valence-electron chi connectivity index (χ0n) is 15.2. The van der Waals surface area contributed by atoms with E-state index in [2.05, 4.69) is 20.8 Å². The third-order valence-corrected chi connectivity index (χ3v) is 3.82. The molecule has 6 nitrogen and oxygen atoms in total. The van der Waals surface area contributed by atoms with E-state index in [1.807, 2.05) is 24.3 Å². The van der Waals surface area contributed by atoms with Gasteiger partial charge in [0.1, 0.15) is 30.8 Å². The van der Waals surface area contributed by atoms with Crippen molar-refractivity contribution in [3.8, 4) is 11.5 Å². The van der Waals surface area contributed by atoms with Crippen LogP contribution in [0.1, 0.15) is 36.7 Å². The van der Waals surface area contributed by atoms with Gasteiger partial charge in [0, 0.05) is 5.56 Å². The number of aliphatic hydroxyl groups is 1. The smallest absolute Gasteiger partial charge is 0.274 e. The monoisotopic (exact) mass is 359 g/mol. The first-order chi connectivity index (χ1) is 12.3. The summed E-state index contributed by atoms with van der Waals surface area (Å²) in [5.41, 5.74) is 3.16. The highest BCUT2D eigenvalue weighted by Crippen LogP contribution is 2.24. The van der Waals surface area contributed by atoms with E-state index >= 15 is 0 Å². The number of hydroxylamine groups is 1. The number of benzene rings is 2. The SMILES string of the molecule is CC(C)(C)c1ccc(OCC(O)COc2ccc(C(=O)NO)cc2)cc1. The Hall–Kier alpha value is -2.57. The van der Waals surface area contributed by atoms with Crippen molar-refractivity contribution in [2.24, 2.45) is 0 Å². The molecule has 0 heterocycles. The minimum Gasteiger partial charge on any atom is -0.491 e. The number of nitrogens with one attached hydrogen (secondary N) is 1. The Morgan fingerprint density at radius 3 is 1.85 bits per heavy atom. The summed E-state index contributed by atoms with van der Waals surface area (Å²) in [7, 11) is 0. The van der Waals surface area contributed by atoms with Crippen LogP contribution in [0.15, 0.2) is 48.5 Å². The van der Waals surface area contributed by atoms with E-state index < -0.39 is 12.0 Å². The molecule has 0 aliphatic heterocycles. The standard InChI is InChI=1S/C20H25NO5/c1-20(2,3)15-6-10-18(11-7-15)26-13-16(22)12-25-17-8-4-14(5-9-17)19(23)21-24/h4-11,16,22,24H,12-13H2,1-3H3,(H,21,23). The van der Waals surface area contributed by atoms with Gasteiger partial charge in [0.25, 0.3) is 5.91 Å². The van der Waals surface area contributed by atoms with Crippen molar-refractivity contribution < 1.29 is 24.6 Å². The first kappa shape index (κ1) is 19.8. The number of amides is 1. The molecule has 0 saturated carbocycles. The molecule has 0 spiro atoms. The van der Waals surface area contributed by atoms with E-state index in [9.17, 15) is 9.90 Å².